The number of rotatable bonds is 11. The largest absolute Gasteiger partial charge is 0.390 e. The molecule has 30 heavy (non-hydrogen) atoms. The predicted molar refractivity (Wildman–Crippen MR) is 121 cm³/mol. The van der Waals surface area contributed by atoms with Crippen LogP contribution in [0.1, 0.15) is 37.0 Å². The standard InChI is InChI=1S/C25H34N2O3/c1-19(2)17-29-18-22(28)15-27(14-21-10-5-4-6-11-21)16-23-13-25(26-30-23)24-12-8-7-9-20(24)3/h4-12,19,22-23,28H,13-18H2,1-3H3. The van der Waals surface area contributed by atoms with Crippen molar-refractivity contribution in [3.8, 4) is 0 Å². The van der Waals surface area contributed by atoms with Crippen molar-refractivity contribution in [3.63, 3.8) is 0 Å². The monoisotopic (exact) mass is 410 g/mol. The second-order valence-electron chi connectivity index (χ2n) is 8.55. The first-order valence-electron chi connectivity index (χ1n) is 10.8. The molecule has 0 saturated heterocycles. The van der Waals surface area contributed by atoms with Gasteiger partial charge in [0.25, 0.3) is 0 Å². The van der Waals surface area contributed by atoms with E-state index in [-0.39, 0.29) is 6.10 Å². The van der Waals surface area contributed by atoms with Crippen LogP contribution in [0.3, 0.4) is 0 Å². The van der Waals surface area contributed by atoms with E-state index in [1.165, 1.54) is 11.1 Å². The molecule has 2 aromatic rings. The molecule has 1 aliphatic heterocycles. The molecule has 1 N–H and O–H groups in total. The number of benzene rings is 2. The zero-order valence-corrected chi connectivity index (χ0v) is 18.3. The molecule has 0 amide bonds. The number of aliphatic hydroxyl groups excluding tert-OH is 1. The lowest BCUT2D eigenvalue weighted by Gasteiger charge is -2.27. The Morgan fingerprint density at radius 3 is 2.57 bits per heavy atom. The van der Waals surface area contributed by atoms with E-state index in [2.05, 4.69) is 55.1 Å². The lowest BCUT2D eigenvalue weighted by molar-refractivity contribution is -0.00734. The van der Waals surface area contributed by atoms with Gasteiger partial charge in [-0.05, 0) is 24.0 Å². The highest BCUT2D eigenvalue weighted by Crippen LogP contribution is 2.21. The number of hydrogen-bond acceptors (Lipinski definition) is 5. The fraction of sp³-hybridized carbons (Fsp3) is 0.480. The van der Waals surface area contributed by atoms with Gasteiger partial charge in [0.1, 0.15) is 6.10 Å². The molecule has 5 heteroatoms. The van der Waals surface area contributed by atoms with Crippen molar-refractivity contribution >= 4 is 5.71 Å². The van der Waals surface area contributed by atoms with E-state index >= 15 is 0 Å². The second kappa shape index (κ2) is 11.3. The minimum absolute atomic E-state index is 0.0212. The molecule has 0 bridgehead atoms. The Hall–Kier alpha value is -2.21. The van der Waals surface area contributed by atoms with Gasteiger partial charge in [-0.1, -0.05) is 73.6 Å². The van der Waals surface area contributed by atoms with Crippen molar-refractivity contribution in [2.75, 3.05) is 26.3 Å². The Balaban J connectivity index is 1.59. The number of nitrogens with zero attached hydrogens (tertiary/aromatic N) is 2. The molecular formula is C25H34N2O3. The molecular weight excluding hydrogens is 376 g/mol. The third kappa shape index (κ3) is 6.94. The second-order valence-corrected chi connectivity index (χ2v) is 8.55. The van der Waals surface area contributed by atoms with Gasteiger partial charge in [0.15, 0.2) is 0 Å². The van der Waals surface area contributed by atoms with Crippen molar-refractivity contribution in [3.05, 3.63) is 71.3 Å². The van der Waals surface area contributed by atoms with Gasteiger partial charge in [0, 0.05) is 38.2 Å². The Labute approximate surface area is 180 Å². The third-order valence-corrected chi connectivity index (χ3v) is 5.13. The summed E-state index contributed by atoms with van der Waals surface area (Å²) in [5, 5.41) is 14.9. The SMILES string of the molecule is Cc1ccccc1C1=NOC(CN(Cc2ccccc2)CC(O)COCC(C)C)C1. The third-order valence-electron chi connectivity index (χ3n) is 5.13. The molecule has 1 aliphatic rings. The van der Waals surface area contributed by atoms with Crippen LogP contribution in [0, 0.1) is 12.8 Å². The topological polar surface area (TPSA) is 54.3 Å². The van der Waals surface area contributed by atoms with Gasteiger partial charge in [-0.2, -0.15) is 0 Å². The number of oxime groups is 1. The average Bonchev–Trinajstić information content (AvgIpc) is 3.17. The van der Waals surface area contributed by atoms with E-state index in [4.69, 9.17) is 9.57 Å². The van der Waals surface area contributed by atoms with Gasteiger partial charge >= 0.3 is 0 Å². The molecule has 2 unspecified atom stereocenters. The zero-order chi connectivity index (χ0) is 21.3. The van der Waals surface area contributed by atoms with Crippen LogP contribution < -0.4 is 0 Å². The summed E-state index contributed by atoms with van der Waals surface area (Å²) < 4.78 is 5.64. The highest BCUT2D eigenvalue weighted by molar-refractivity contribution is 6.02. The summed E-state index contributed by atoms with van der Waals surface area (Å²) >= 11 is 0. The summed E-state index contributed by atoms with van der Waals surface area (Å²) in [6, 6.07) is 18.6. The lowest BCUT2D eigenvalue weighted by Crippen LogP contribution is -2.39. The number of ether oxygens (including phenoxy) is 1. The van der Waals surface area contributed by atoms with Crippen LogP contribution in [-0.4, -0.2) is 54.2 Å². The lowest BCUT2D eigenvalue weighted by atomic mass is 10.00. The van der Waals surface area contributed by atoms with E-state index < -0.39 is 6.10 Å². The number of aryl methyl sites for hydroxylation is 1. The Kier molecular flexibility index (Phi) is 8.43. The maximum absolute atomic E-state index is 10.5. The Morgan fingerprint density at radius 1 is 1.10 bits per heavy atom. The maximum Gasteiger partial charge on any atom is 0.145 e. The zero-order valence-electron chi connectivity index (χ0n) is 18.3. The van der Waals surface area contributed by atoms with Crippen LogP contribution >= 0.6 is 0 Å². The molecule has 3 rings (SSSR count). The van der Waals surface area contributed by atoms with Gasteiger partial charge in [-0.15, -0.1) is 0 Å². The smallest absolute Gasteiger partial charge is 0.145 e. The highest BCUT2D eigenvalue weighted by Gasteiger charge is 2.26. The summed E-state index contributed by atoms with van der Waals surface area (Å²) in [7, 11) is 0. The van der Waals surface area contributed by atoms with Crippen LogP contribution in [-0.2, 0) is 16.1 Å². The fourth-order valence-electron chi connectivity index (χ4n) is 3.71. The van der Waals surface area contributed by atoms with E-state index in [9.17, 15) is 5.11 Å². The first-order valence-corrected chi connectivity index (χ1v) is 10.8. The van der Waals surface area contributed by atoms with E-state index in [0.717, 1.165) is 24.2 Å². The van der Waals surface area contributed by atoms with Crippen molar-refractivity contribution in [1.29, 1.82) is 0 Å². The number of hydrogen-bond donors (Lipinski definition) is 1. The normalized spacial score (nSPS) is 17.3. The summed E-state index contributed by atoms with van der Waals surface area (Å²) in [5.74, 6) is 0.460. The van der Waals surface area contributed by atoms with Gasteiger partial charge < -0.3 is 14.7 Å². The van der Waals surface area contributed by atoms with Gasteiger partial charge in [0.2, 0.25) is 0 Å². The summed E-state index contributed by atoms with van der Waals surface area (Å²) in [4.78, 5) is 8.01. The molecule has 0 radical (unpaired) electrons. The summed E-state index contributed by atoms with van der Waals surface area (Å²) in [5.41, 5.74) is 4.57. The molecule has 5 nitrogen and oxygen atoms in total. The Morgan fingerprint density at radius 2 is 1.83 bits per heavy atom. The van der Waals surface area contributed by atoms with Crippen LogP contribution in [0.15, 0.2) is 59.8 Å². The number of aliphatic hydroxyl groups is 1. The quantitative estimate of drug-likeness (QED) is 0.608. The molecule has 2 atom stereocenters. The molecule has 0 aromatic heterocycles. The van der Waals surface area contributed by atoms with E-state index in [0.29, 0.717) is 32.2 Å². The van der Waals surface area contributed by atoms with Gasteiger partial charge in [-0.25, -0.2) is 0 Å². The molecule has 2 aromatic carbocycles. The van der Waals surface area contributed by atoms with E-state index in [1.54, 1.807) is 0 Å². The minimum Gasteiger partial charge on any atom is -0.390 e. The van der Waals surface area contributed by atoms with Crippen LogP contribution in [0.2, 0.25) is 0 Å². The van der Waals surface area contributed by atoms with Crippen molar-refractivity contribution in [2.24, 2.45) is 11.1 Å². The van der Waals surface area contributed by atoms with Gasteiger partial charge in [-0.3, -0.25) is 4.90 Å². The molecule has 1 heterocycles. The van der Waals surface area contributed by atoms with Crippen LogP contribution in [0.25, 0.3) is 0 Å². The van der Waals surface area contributed by atoms with Gasteiger partial charge in [0.05, 0.1) is 18.4 Å². The van der Waals surface area contributed by atoms with E-state index in [1.807, 2.05) is 30.3 Å². The van der Waals surface area contributed by atoms with Crippen LogP contribution in [0.4, 0.5) is 0 Å². The van der Waals surface area contributed by atoms with Crippen LogP contribution in [0.5, 0.6) is 0 Å². The molecule has 0 spiro atoms. The Bertz CT molecular complexity index is 807. The summed E-state index contributed by atoms with van der Waals surface area (Å²) in [6.07, 6.45) is 0.216. The molecule has 162 valence electrons. The summed E-state index contributed by atoms with van der Waals surface area (Å²) in [6.45, 7) is 9.31. The highest BCUT2D eigenvalue weighted by atomic mass is 16.6. The first-order chi connectivity index (χ1) is 14.5. The fourth-order valence-corrected chi connectivity index (χ4v) is 3.71. The molecule has 0 fully saturated rings. The minimum atomic E-state index is -0.536. The molecule has 0 saturated carbocycles. The van der Waals surface area contributed by atoms with Crippen molar-refractivity contribution in [1.82, 2.24) is 4.90 Å². The van der Waals surface area contributed by atoms with Crippen molar-refractivity contribution in [2.45, 2.75) is 45.9 Å². The molecule has 0 aliphatic carbocycles. The predicted octanol–water partition coefficient (Wildman–Crippen LogP) is 4.02. The average molecular weight is 411 g/mol. The first kappa shape index (κ1) is 22.5. The maximum atomic E-state index is 10.5. The van der Waals surface area contributed by atoms with Crippen molar-refractivity contribution < 1.29 is 14.7 Å².